The molecule has 0 spiro atoms. The van der Waals surface area contributed by atoms with Gasteiger partial charge in [0.1, 0.15) is 5.76 Å². The molecule has 0 aliphatic carbocycles. The Morgan fingerprint density at radius 3 is 2.82 bits per heavy atom. The molecule has 22 heavy (non-hydrogen) atoms. The minimum Gasteiger partial charge on any atom is -0.444 e. The summed E-state index contributed by atoms with van der Waals surface area (Å²) in [6.07, 6.45) is 0.194. The fourth-order valence-electron chi connectivity index (χ4n) is 2.35. The molecule has 1 aromatic carbocycles. The van der Waals surface area contributed by atoms with E-state index in [4.69, 9.17) is 4.42 Å². The van der Waals surface area contributed by atoms with Crippen LogP contribution >= 0.6 is 0 Å². The molecule has 116 valence electrons. The molecule has 1 aromatic heterocycles. The first kappa shape index (κ1) is 14.7. The van der Waals surface area contributed by atoms with Gasteiger partial charge in [0.15, 0.2) is 5.89 Å². The van der Waals surface area contributed by atoms with Gasteiger partial charge in [0.05, 0.1) is 23.6 Å². The average molecular weight is 321 g/mol. The Bertz CT molecular complexity index is 855. The number of hydrogen-bond acceptors (Lipinski definition) is 5. The van der Waals surface area contributed by atoms with E-state index in [9.17, 15) is 13.2 Å². The molecule has 0 radical (unpaired) electrons. The second-order valence-electron chi connectivity index (χ2n) is 5.11. The van der Waals surface area contributed by atoms with E-state index in [1.54, 1.807) is 19.9 Å². The summed E-state index contributed by atoms with van der Waals surface area (Å²) in [5.41, 5.74) is 1.99. The third-order valence-electron chi connectivity index (χ3n) is 3.43. The summed E-state index contributed by atoms with van der Waals surface area (Å²) in [6, 6.07) is 4.57. The standard InChI is InChI=1S/C14H15N3O4S/c1-8-13(21-9(2)16-8)7-15-22(19,20)11-3-4-12-10(5-11)6-14(18)17-12/h3-5,15H,6-7H2,1-2H3,(H,17,18). The molecule has 0 fully saturated rings. The highest BCUT2D eigenvalue weighted by Gasteiger charge is 2.22. The first-order chi connectivity index (χ1) is 10.3. The van der Waals surface area contributed by atoms with Crippen molar-refractivity contribution in [1.29, 1.82) is 0 Å². The van der Waals surface area contributed by atoms with E-state index in [-0.39, 0.29) is 23.8 Å². The van der Waals surface area contributed by atoms with Crippen molar-refractivity contribution in [3.8, 4) is 0 Å². The van der Waals surface area contributed by atoms with Crippen LogP contribution in [0, 0.1) is 13.8 Å². The third kappa shape index (κ3) is 2.75. The molecule has 7 nitrogen and oxygen atoms in total. The summed E-state index contributed by atoms with van der Waals surface area (Å²) in [5.74, 6) is 0.846. The smallest absolute Gasteiger partial charge is 0.240 e. The summed E-state index contributed by atoms with van der Waals surface area (Å²) >= 11 is 0. The van der Waals surface area contributed by atoms with Gasteiger partial charge >= 0.3 is 0 Å². The summed E-state index contributed by atoms with van der Waals surface area (Å²) in [5, 5.41) is 2.67. The molecular formula is C14H15N3O4S. The summed E-state index contributed by atoms with van der Waals surface area (Å²) in [4.78, 5) is 15.5. The van der Waals surface area contributed by atoms with Gasteiger partial charge in [-0.2, -0.15) is 0 Å². The fraction of sp³-hybridized carbons (Fsp3) is 0.286. The molecule has 3 rings (SSSR count). The number of aromatic nitrogens is 1. The molecule has 1 amide bonds. The van der Waals surface area contributed by atoms with E-state index in [0.717, 1.165) is 0 Å². The maximum atomic E-state index is 12.3. The Morgan fingerprint density at radius 2 is 2.14 bits per heavy atom. The van der Waals surface area contributed by atoms with Gasteiger partial charge < -0.3 is 9.73 Å². The third-order valence-corrected chi connectivity index (χ3v) is 4.83. The quantitative estimate of drug-likeness (QED) is 0.883. The Hall–Kier alpha value is -2.19. The zero-order valence-electron chi connectivity index (χ0n) is 12.1. The number of rotatable bonds is 4. The molecule has 0 unspecified atom stereocenters. The van der Waals surface area contributed by atoms with Gasteiger partial charge in [-0.25, -0.2) is 18.1 Å². The molecular weight excluding hydrogens is 306 g/mol. The van der Waals surface area contributed by atoms with Gasteiger partial charge in [0.25, 0.3) is 0 Å². The summed E-state index contributed by atoms with van der Waals surface area (Å²) in [6.45, 7) is 3.49. The van der Waals surface area contributed by atoms with E-state index < -0.39 is 10.0 Å². The van der Waals surface area contributed by atoms with Crippen LogP contribution in [0.1, 0.15) is 22.9 Å². The zero-order valence-corrected chi connectivity index (χ0v) is 13.0. The SMILES string of the molecule is Cc1nc(C)c(CNS(=O)(=O)c2ccc3c(c2)CC(=O)N3)o1. The molecule has 8 heteroatoms. The number of anilines is 1. The number of aryl methyl sites for hydroxylation is 2. The van der Waals surface area contributed by atoms with Crippen LogP contribution in [0.25, 0.3) is 0 Å². The predicted octanol–water partition coefficient (Wildman–Crippen LogP) is 1.26. The van der Waals surface area contributed by atoms with E-state index in [1.165, 1.54) is 12.1 Å². The molecule has 0 atom stereocenters. The van der Waals surface area contributed by atoms with Crippen LogP contribution in [-0.4, -0.2) is 19.3 Å². The van der Waals surface area contributed by atoms with Crippen molar-refractivity contribution >= 4 is 21.6 Å². The van der Waals surface area contributed by atoms with Crippen LogP contribution in [0.4, 0.5) is 5.69 Å². The lowest BCUT2D eigenvalue weighted by molar-refractivity contribution is -0.115. The van der Waals surface area contributed by atoms with E-state index in [1.807, 2.05) is 0 Å². The van der Waals surface area contributed by atoms with Crippen molar-refractivity contribution in [2.75, 3.05) is 5.32 Å². The second-order valence-corrected chi connectivity index (χ2v) is 6.88. The van der Waals surface area contributed by atoms with Gasteiger partial charge in [0.2, 0.25) is 15.9 Å². The first-order valence-electron chi connectivity index (χ1n) is 6.70. The maximum Gasteiger partial charge on any atom is 0.240 e. The van der Waals surface area contributed by atoms with Crippen molar-refractivity contribution < 1.29 is 17.6 Å². The van der Waals surface area contributed by atoms with Crippen LogP contribution < -0.4 is 10.0 Å². The Morgan fingerprint density at radius 1 is 1.36 bits per heavy atom. The molecule has 0 saturated heterocycles. The topological polar surface area (TPSA) is 101 Å². The number of nitrogens with zero attached hydrogens (tertiary/aromatic N) is 1. The van der Waals surface area contributed by atoms with Crippen molar-refractivity contribution in [3.63, 3.8) is 0 Å². The number of nitrogens with one attached hydrogen (secondary N) is 2. The molecule has 2 heterocycles. The maximum absolute atomic E-state index is 12.3. The first-order valence-corrected chi connectivity index (χ1v) is 8.19. The number of oxazole rings is 1. The van der Waals surface area contributed by atoms with E-state index in [0.29, 0.717) is 28.6 Å². The van der Waals surface area contributed by atoms with E-state index >= 15 is 0 Å². The van der Waals surface area contributed by atoms with Gasteiger partial charge in [-0.05, 0) is 30.7 Å². The molecule has 2 N–H and O–H groups in total. The minimum atomic E-state index is -3.68. The number of fused-ring (bicyclic) bond motifs is 1. The number of hydrogen-bond donors (Lipinski definition) is 2. The highest BCUT2D eigenvalue weighted by Crippen LogP contribution is 2.25. The van der Waals surface area contributed by atoms with Gasteiger partial charge in [0, 0.05) is 12.6 Å². The fourth-order valence-corrected chi connectivity index (χ4v) is 3.39. The molecule has 0 saturated carbocycles. The van der Waals surface area contributed by atoms with Crippen molar-refractivity contribution in [2.45, 2.75) is 31.7 Å². The predicted molar refractivity (Wildman–Crippen MR) is 78.8 cm³/mol. The Balaban J connectivity index is 1.80. The normalized spacial score (nSPS) is 14.0. The second kappa shape index (κ2) is 5.22. The van der Waals surface area contributed by atoms with Gasteiger partial charge in [-0.15, -0.1) is 0 Å². The molecule has 1 aliphatic heterocycles. The summed E-state index contributed by atoms with van der Waals surface area (Å²) in [7, 11) is -3.68. The van der Waals surface area contributed by atoms with E-state index in [2.05, 4.69) is 15.0 Å². The number of carbonyl (C=O) groups is 1. The van der Waals surface area contributed by atoms with Crippen LogP contribution in [0.5, 0.6) is 0 Å². The number of amides is 1. The largest absolute Gasteiger partial charge is 0.444 e. The van der Waals surface area contributed by atoms with Gasteiger partial charge in [-0.3, -0.25) is 4.79 Å². The van der Waals surface area contributed by atoms with Crippen LogP contribution in [0.2, 0.25) is 0 Å². The Labute approximate surface area is 127 Å². The number of sulfonamides is 1. The average Bonchev–Trinajstić information content (AvgIpc) is 2.96. The lowest BCUT2D eigenvalue weighted by atomic mass is 10.2. The van der Waals surface area contributed by atoms with Crippen molar-refractivity contribution in [2.24, 2.45) is 0 Å². The minimum absolute atomic E-state index is 0.0310. The van der Waals surface area contributed by atoms with Crippen LogP contribution in [0.3, 0.4) is 0 Å². The molecule has 2 aromatic rings. The highest BCUT2D eigenvalue weighted by molar-refractivity contribution is 7.89. The van der Waals surface area contributed by atoms with Crippen molar-refractivity contribution in [3.05, 3.63) is 41.1 Å². The lowest BCUT2D eigenvalue weighted by Gasteiger charge is -2.07. The number of benzene rings is 1. The van der Waals surface area contributed by atoms with Crippen LogP contribution in [0.15, 0.2) is 27.5 Å². The molecule has 0 bridgehead atoms. The van der Waals surface area contributed by atoms with Crippen molar-refractivity contribution in [1.82, 2.24) is 9.71 Å². The Kier molecular flexibility index (Phi) is 3.50. The molecule has 1 aliphatic rings. The highest BCUT2D eigenvalue weighted by atomic mass is 32.2. The number of carbonyl (C=O) groups excluding carboxylic acids is 1. The monoisotopic (exact) mass is 321 g/mol. The lowest BCUT2D eigenvalue weighted by Crippen LogP contribution is -2.23. The van der Waals surface area contributed by atoms with Crippen LogP contribution in [-0.2, 0) is 27.8 Å². The summed E-state index contributed by atoms with van der Waals surface area (Å²) < 4.78 is 32.5. The zero-order chi connectivity index (χ0) is 15.9. The van der Waals surface area contributed by atoms with Gasteiger partial charge in [-0.1, -0.05) is 0 Å².